The van der Waals surface area contributed by atoms with E-state index in [1.54, 1.807) is 12.1 Å². The van der Waals surface area contributed by atoms with Crippen LogP contribution in [0.3, 0.4) is 0 Å². The molecular weight excluding hydrogens is 380 g/mol. The molecule has 0 saturated heterocycles. The van der Waals surface area contributed by atoms with Crippen molar-refractivity contribution in [3.63, 3.8) is 0 Å². The molecule has 0 spiro atoms. The molecule has 0 amide bonds. The van der Waals surface area contributed by atoms with Crippen LogP contribution in [0.25, 0.3) is 0 Å². The Kier molecular flexibility index (Phi) is 7.11. The van der Waals surface area contributed by atoms with E-state index < -0.39 is 20.2 Å². The normalized spacial score (nSPS) is 11.5. The SMILES string of the molecule is CSc1ccc(S(=O)(=O)O)cc1.O=S(=O)(O)c1ccc(S)cc1. The Morgan fingerprint density at radius 3 is 1.43 bits per heavy atom. The van der Waals surface area contributed by atoms with Gasteiger partial charge in [-0.15, -0.1) is 24.4 Å². The van der Waals surface area contributed by atoms with Crippen molar-refractivity contribution in [2.75, 3.05) is 6.26 Å². The smallest absolute Gasteiger partial charge is 0.282 e. The summed E-state index contributed by atoms with van der Waals surface area (Å²) in [6, 6.07) is 11.6. The van der Waals surface area contributed by atoms with Gasteiger partial charge in [-0.1, -0.05) is 0 Å². The first-order valence-electron chi connectivity index (χ1n) is 5.92. The Bertz CT molecular complexity index is 840. The molecule has 2 N–H and O–H groups in total. The van der Waals surface area contributed by atoms with Crippen molar-refractivity contribution < 1.29 is 25.9 Å². The lowest BCUT2D eigenvalue weighted by atomic mass is 10.4. The van der Waals surface area contributed by atoms with E-state index in [9.17, 15) is 16.8 Å². The maximum absolute atomic E-state index is 10.6. The van der Waals surface area contributed by atoms with Crippen molar-refractivity contribution in [3.8, 4) is 0 Å². The van der Waals surface area contributed by atoms with Gasteiger partial charge < -0.3 is 0 Å². The van der Waals surface area contributed by atoms with Crippen LogP contribution in [0.1, 0.15) is 0 Å². The standard InChI is InChI=1S/C7H8O3S2.C6H6O3S2/c1-11-6-2-4-7(5-3-6)12(8,9)10;7-11(8,9)6-3-1-5(10)2-4-6/h2-5H,1H3,(H,8,9,10);1-4,10H,(H,7,8,9). The maximum Gasteiger partial charge on any atom is 0.294 e. The molecule has 2 aromatic rings. The van der Waals surface area contributed by atoms with Crippen molar-refractivity contribution >= 4 is 44.6 Å². The van der Waals surface area contributed by atoms with E-state index in [2.05, 4.69) is 12.6 Å². The van der Waals surface area contributed by atoms with Gasteiger partial charge in [-0.05, 0) is 54.8 Å². The lowest BCUT2D eigenvalue weighted by Crippen LogP contribution is -1.96. The first kappa shape index (κ1) is 20.0. The molecule has 126 valence electrons. The Morgan fingerprint density at radius 2 is 1.13 bits per heavy atom. The van der Waals surface area contributed by atoms with Crippen molar-refractivity contribution in [1.82, 2.24) is 0 Å². The van der Waals surface area contributed by atoms with Gasteiger partial charge in [0.2, 0.25) is 0 Å². The molecule has 0 fully saturated rings. The third-order valence-corrected chi connectivity index (χ3v) is 5.27. The van der Waals surface area contributed by atoms with E-state index in [0.717, 1.165) is 4.90 Å². The number of rotatable bonds is 3. The first-order chi connectivity index (χ1) is 10.5. The van der Waals surface area contributed by atoms with Crippen LogP contribution in [-0.2, 0) is 20.2 Å². The van der Waals surface area contributed by atoms with Gasteiger partial charge in [0.1, 0.15) is 0 Å². The molecule has 10 heteroatoms. The minimum Gasteiger partial charge on any atom is -0.282 e. The molecule has 0 unspecified atom stereocenters. The van der Waals surface area contributed by atoms with E-state index >= 15 is 0 Å². The summed E-state index contributed by atoms with van der Waals surface area (Å²) in [5.74, 6) is 0. The highest BCUT2D eigenvalue weighted by Crippen LogP contribution is 2.17. The zero-order valence-corrected chi connectivity index (χ0v) is 15.2. The molecule has 0 aliphatic heterocycles. The summed E-state index contributed by atoms with van der Waals surface area (Å²) >= 11 is 5.46. The number of hydrogen-bond donors (Lipinski definition) is 3. The zero-order valence-electron chi connectivity index (χ0n) is 11.8. The van der Waals surface area contributed by atoms with E-state index in [4.69, 9.17) is 9.11 Å². The number of thiol groups is 1. The average molecular weight is 395 g/mol. The minimum absolute atomic E-state index is 0.0692. The average Bonchev–Trinajstić information content (AvgIpc) is 2.46. The van der Waals surface area contributed by atoms with E-state index in [1.807, 2.05) is 6.26 Å². The fourth-order valence-electron chi connectivity index (χ4n) is 1.37. The second kappa shape index (κ2) is 8.18. The Labute approximate surface area is 144 Å². The van der Waals surface area contributed by atoms with Gasteiger partial charge in [0.05, 0.1) is 9.79 Å². The van der Waals surface area contributed by atoms with Crippen LogP contribution in [0.4, 0.5) is 0 Å². The molecule has 2 rings (SSSR count). The summed E-state index contributed by atoms with van der Waals surface area (Å²) in [4.78, 5) is 1.43. The predicted octanol–water partition coefficient (Wildman–Crippen LogP) is 2.88. The zero-order chi connectivity index (χ0) is 17.7. The highest BCUT2D eigenvalue weighted by molar-refractivity contribution is 7.98. The Morgan fingerprint density at radius 1 is 0.783 bits per heavy atom. The molecule has 0 heterocycles. The molecule has 23 heavy (non-hydrogen) atoms. The summed E-state index contributed by atoms with van der Waals surface area (Å²) in [6.45, 7) is 0. The van der Waals surface area contributed by atoms with Crippen molar-refractivity contribution in [2.45, 2.75) is 19.6 Å². The summed E-state index contributed by atoms with van der Waals surface area (Å²) < 4.78 is 59.3. The van der Waals surface area contributed by atoms with Gasteiger partial charge in [-0.3, -0.25) is 9.11 Å². The molecule has 0 atom stereocenters. The van der Waals surface area contributed by atoms with E-state index in [0.29, 0.717) is 4.90 Å². The predicted molar refractivity (Wildman–Crippen MR) is 91.5 cm³/mol. The van der Waals surface area contributed by atoms with Crippen LogP contribution >= 0.6 is 24.4 Å². The van der Waals surface area contributed by atoms with Crippen LogP contribution in [0.15, 0.2) is 68.1 Å². The number of benzene rings is 2. The van der Waals surface area contributed by atoms with Crippen molar-refractivity contribution in [1.29, 1.82) is 0 Å². The summed E-state index contributed by atoms with van der Waals surface area (Å²) in [6.07, 6.45) is 1.89. The molecule has 0 aromatic heterocycles. The van der Waals surface area contributed by atoms with Crippen molar-refractivity contribution in [3.05, 3.63) is 48.5 Å². The fourth-order valence-corrected chi connectivity index (χ4v) is 2.88. The monoisotopic (exact) mass is 394 g/mol. The molecule has 2 aromatic carbocycles. The molecule has 0 saturated carbocycles. The maximum atomic E-state index is 10.6. The lowest BCUT2D eigenvalue weighted by Gasteiger charge is -1.97. The number of hydrogen-bond acceptors (Lipinski definition) is 6. The molecule has 0 radical (unpaired) electrons. The quantitative estimate of drug-likeness (QED) is 0.417. The Balaban J connectivity index is 0.000000231. The van der Waals surface area contributed by atoms with Gasteiger partial charge in [-0.2, -0.15) is 16.8 Å². The molecule has 0 aliphatic carbocycles. The topological polar surface area (TPSA) is 109 Å². The van der Waals surface area contributed by atoms with Gasteiger partial charge in [0.25, 0.3) is 20.2 Å². The van der Waals surface area contributed by atoms with Gasteiger partial charge in [-0.25, -0.2) is 0 Å². The van der Waals surface area contributed by atoms with Gasteiger partial charge >= 0.3 is 0 Å². The fraction of sp³-hybridized carbons (Fsp3) is 0.0769. The van der Waals surface area contributed by atoms with Gasteiger partial charge in [0, 0.05) is 9.79 Å². The highest BCUT2D eigenvalue weighted by atomic mass is 32.2. The summed E-state index contributed by atoms with van der Waals surface area (Å²) in [5, 5.41) is 0. The van der Waals surface area contributed by atoms with Crippen LogP contribution < -0.4 is 0 Å². The molecule has 0 aliphatic rings. The van der Waals surface area contributed by atoms with Crippen molar-refractivity contribution in [2.24, 2.45) is 0 Å². The van der Waals surface area contributed by atoms with Crippen LogP contribution in [0.5, 0.6) is 0 Å². The molecule has 0 bridgehead atoms. The molecular formula is C13H14O6S4. The van der Waals surface area contributed by atoms with Gasteiger partial charge in [0.15, 0.2) is 0 Å². The third kappa shape index (κ3) is 6.94. The highest BCUT2D eigenvalue weighted by Gasteiger charge is 2.08. The second-order valence-corrected chi connectivity index (χ2v) is 8.36. The number of thioether (sulfide) groups is 1. The third-order valence-electron chi connectivity index (χ3n) is 2.49. The lowest BCUT2D eigenvalue weighted by molar-refractivity contribution is 0.481. The minimum atomic E-state index is -4.05. The second-order valence-electron chi connectivity index (χ2n) is 4.12. The van der Waals surface area contributed by atoms with E-state index in [-0.39, 0.29) is 9.79 Å². The first-order valence-corrected chi connectivity index (χ1v) is 10.5. The molecule has 6 nitrogen and oxygen atoms in total. The summed E-state index contributed by atoms with van der Waals surface area (Å²) in [7, 11) is -8.09. The van der Waals surface area contributed by atoms with Crippen LogP contribution in [0.2, 0.25) is 0 Å². The van der Waals surface area contributed by atoms with Crippen LogP contribution in [0, 0.1) is 0 Å². The largest absolute Gasteiger partial charge is 0.294 e. The van der Waals surface area contributed by atoms with Crippen LogP contribution in [-0.4, -0.2) is 32.2 Å². The summed E-state index contributed by atoms with van der Waals surface area (Å²) in [5.41, 5.74) is 0. The Hall–Kier alpha value is -1.04. The van der Waals surface area contributed by atoms with E-state index in [1.165, 1.54) is 48.2 Å².